The van der Waals surface area contributed by atoms with Crippen molar-refractivity contribution in [3.63, 3.8) is 0 Å². The third kappa shape index (κ3) is 4.90. The summed E-state index contributed by atoms with van der Waals surface area (Å²) in [5.74, 6) is 0.209. The Balaban J connectivity index is 1.57. The van der Waals surface area contributed by atoms with Crippen LogP contribution >= 0.6 is 23.4 Å². The van der Waals surface area contributed by atoms with Crippen LogP contribution in [-0.4, -0.2) is 16.1 Å². The van der Waals surface area contributed by atoms with Gasteiger partial charge in [-0.25, -0.2) is 0 Å². The second-order valence-electron chi connectivity index (χ2n) is 6.64. The molecule has 4 aromatic rings. The molecule has 0 aliphatic carbocycles. The number of nitrogens with zero attached hydrogens (tertiary/aromatic N) is 2. The molecular weight excluding hydrogens is 418 g/mol. The molecule has 0 aliphatic rings. The van der Waals surface area contributed by atoms with Crippen LogP contribution in [-0.2, 0) is 4.79 Å². The number of carbonyl (C=O) groups is 1. The molecule has 1 unspecified atom stereocenters. The van der Waals surface area contributed by atoms with E-state index in [1.165, 1.54) is 11.8 Å². The average molecular weight is 436 g/mol. The maximum atomic E-state index is 13.1. The van der Waals surface area contributed by atoms with Crippen molar-refractivity contribution in [1.82, 2.24) is 10.2 Å². The number of rotatable bonds is 6. The fourth-order valence-electron chi connectivity index (χ4n) is 2.81. The van der Waals surface area contributed by atoms with Crippen molar-refractivity contribution < 1.29 is 9.21 Å². The first-order valence-corrected chi connectivity index (χ1v) is 10.5. The Hall–Kier alpha value is -3.09. The zero-order valence-corrected chi connectivity index (χ0v) is 17.7. The zero-order chi connectivity index (χ0) is 20.9. The lowest BCUT2D eigenvalue weighted by molar-refractivity contribution is -0.115. The molecule has 30 heavy (non-hydrogen) atoms. The molecule has 4 rings (SSSR count). The van der Waals surface area contributed by atoms with E-state index in [0.717, 1.165) is 22.4 Å². The van der Waals surface area contributed by atoms with Crippen LogP contribution in [0.5, 0.6) is 0 Å². The minimum Gasteiger partial charge on any atom is -0.411 e. The summed E-state index contributed by atoms with van der Waals surface area (Å²) in [7, 11) is 0. The topological polar surface area (TPSA) is 68.0 Å². The molecule has 3 aromatic carbocycles. The van der Waals surface area contributed by atoms with Gasteiger partial charge in [-0.3, -0.25) is 4.79 Å². The van der Waals surface area contributed by atoms with Gasteiger partial charge >= 0.3 is 0 Å². The molecule has 0 saturated carbocycles. The lowest BCUT2D eigenvalue weighted by Gasteiger charge is -2.15. The van der Waals surface area contributed by atoms with Crippen LogP contribution in [0, 0.1) is 6.92 Å². The van der Waals surface area contributed by atoms with E-state index in [4.69, 9.17) is 16.0 Å². The van der Waals surface area contributed by atoms with Gasteiger partial charge in [-0.05, 0) is 60.6 Å². The summed E-state index contributed by atoms with van der Waals surface area (Å²) in [6.45, 7) is 2.00. The third-order valence-corrected chi connectivity index (χ3v) is 5.72. The van der Waals surface area contributed by atoms with E-state index in [1.807, 2.05) is 73.7 Å². The Morgan fingerprint density at radius 2 is 1.67 bits per heavy atom. The van der Waals surface area contributed by atoms with E-state index in [9.17, 15) is 4.79 Å². The molecule has 0 spiro atoms. The number of aromatic nitrogens is 2. The molecule has 0 bridgehead atoms. The van der Waals surface area contributed by atoms with Crippen LogP contribution in [0.3, 0.4) is 0 Å². The second kappa shape index (κ2) is 9.15. The summed E-state index contributed by atoms with van der Waals surface area (Å²) in [5, 5.41) is 11.6. The van der Waals surface area contributed by atoms with E-state index in [2.05, 4.69) is 15.5 Å². The summed E-state index contributed by atoms with van der Waals surface area (Å²) in [5.41, 5.74) is 3.47. The highest BCUT2D eigenvalue weighted by Crippen LogP contribution is 2.36. The predicted octanol–water partition coefficient (Wildman–Crippen LogP) is 6.17. The van der Waals surface area contributed by atoms with Crippen molar-refractivity contribution in [1.29, 1.82) is 0 Å². The number of aryl methyl sites for hydroxylation is 1. The SMILES string of the molecule is Cc1ccc(NC(=O)C(Sc2nnc(-c3ccc(Cl)cc3)o2)c2ccccc2)cc1. The van der Waals surface area contributed by atoms with Gasteiger partial charge in [0.1, 0.15) is 5.25 Å². The highest BCUT2D eigenvalue weighted by molar-refractivity contribution is 8.00. The Kier molecular flexibility index (Phi) is 6.16. The molecule has 7 heteroatoms. The highest BCUT2D eigenvalue weighted by Gasteiger charge is 2.25. The number of carbonyl (C=O) groups excluding carboxylic acids is 1. The normalized spacial score (nSPS) is 11.8. The first-order chi connectivity index (χ1) is 14.6. The monoisotopic (exact) mass is 435 g/mol. The second-order valence-corrected chi connectivity index (χ2v) is 8.14. The quantitative estimate of drug-likeness (QED) is 0.367. The fraction of sp³-hybridized carbons (Fsp3) is 0.0870. The highest BCUT2D eigenvalue weighted by atomic mass is 35.5. The molecule has 0 fully saturated rings. The Labute approximate surface area is 183 Å². The number of nitrogens with one attached hydrogen (secondary N) is 1. The van der Waals surface area contributed by atoms with Crippen LogP contribution in [0.1, 0.15) is 16.4 Å². The van der Waals surface area contributed by atoms with Gasteiger partial charge in [0.2, 0.25) is 11.8 Å². The van der Waals surface area contributed by atoms with Gasteiger partial charge in [-0.15, -0.1) is 10.2 Å². The van der Waals surface area contributed by atoms with E-state index >= 15 is 0 Å². The molecular formula is C23H18ClN3O2S. The van der Waals surface area contributed by atoms with Gasteiger partial charge in [0.15, 0.2) is 0 Å². The maximum absolute atomic E-state index is 13.1. The van der Waals surface area contributed by atoms with Gasteiger partial charge < -0.3 is 9.73 Å². The minimum absolute atomic E-state index is 0.165. The lowest BCUT2D eigenvalue weighted by atomic mass is 10.1. The van der Waals surface area contributed by atoms with E-state index < -0.39 is 5.25 Å². The Bertz CT molecular complexity index is 1130. The van der Waals surface area contributed by atoms with E-state index in [-0.39, 0.29) is 5.91 Å². The molecule has 0 radical (unpaired) electrons. The van der Waals surface area contributed by atoms with Crippen LogP contribution in [0.4, 0.5) is 5.69 Å². The predicted molar refractivity (Wildman–Crippen MR) is 120 cm³/mol. The number of hydrogen-bond donors (Lipinski definition) is 1. The molecule has 5 nitrogen and oxygen atoms in total. The number of benzene rings is 3. The van der Waals surface area contributed by atoms with Gasteiger partial charge in [0.05, 0.1) is 0 Å². The van der Waals surface area contributed by atoms with E-state index in [1.54, 1.807) is 12.1 Å². The fourth-order valence-corrected chi connectivity index (χ4v) is 3.81. The van der Waals surface area contributed by atoms with Gasteiger partial charge in [-0.1, -0.05) is 59.6 Å². The molecule has 1 amide bonds. The molecule has 1 heterocycles. The maximum Gasteiger partial charge on any atom is 0.277 e. The standard InChI is InChI=1S/C23H18ClN3O2S/c1-15-7-13-19(14-8-15)25-21(28)20(16-5-3-2-4-6-16)30-23-27-26-22(29-23)17-9-11-18(24)12-10-17/h2-14,20H,1H3,(H,25,28). The molecule has 1 aromatic heterocycles. The number of amides is 1. The van der Waals surface area contributed by atoms with Gasteiger partial charge in [0.25, 0.3) is 5.22 Å². The van der Waals surface area contributed by atoms with Crippen LogP contribution in [0.2, 0.25) is 5.02 Å². The number of halogens is 1. The van der Waals surface area contributed by atoms with Gasteiger partial charge in [0, 0.05) is 16.3 Å². The Morgan fingerprint density at radius 3 is 2.37 bits per heavy atom. The molecule has 150 valence electrons. The molecule has 0 saturated heterocycles. The summed E-state index contributed by atoms with van der Waals surface area (Å²) >= 11 is 7.15. The van der Waals surface area contributed by atoms with Crippen molar-refractivity contribution in [2.24, 2.45) is 0 Å². The Morgan fingerprint density at radius 1 is 0.967 bits per heavy atom. The first-order valence-electron chi connectivity index (χ1n) is 9.27. The van der Waals surface area contributed by atoms with Crippen molar-refractivity contribution in [2.45, 2.75) is 17.4 Å². The molecule has 1 atom stereocenters. The molecule has 1 N–H and O–H groups in total. The smallest absolute Gasteiger partial charge is 0.277 e. The van der Waals surface area contributed by atoms with Gasteiger partial charge in [-0.2, -0.15) is 0 Å². The third-order valence-electron chi connectivity index (χ3n) is 4.38. The largest absolute Gasteiger partial charge is 0.411 e. The minimum atomic E-state index is -0.550. The zero-order valence-electron chi connectivity index (χ0n) is 16.1. The number of anilines is 1. The van der Waals surface area contributed by atoms with Crippen molar-refractivity contribution >= 4 is 35.0 Å². The summed E-state index contributed by atoms with van der Waals surface area (Å²) in [6.07, 6.45) is 0. The summed E-state index contributed by atoms with van der Waals surface area (Å²) in [6, 6.07) is 24.3. The van der Waals surface area contributed by atoms with Crippen LogP contribution < -0.4 is 5.32 Å². The molecule has 0 aliphatic heterocycles. The van der Waals surface area contributed by atoms with E-state index in [0.29, 0.717) is 16.1 Å². The van der Waals surface area contributed by atoms with Crippen LogP contribution in [0.25, 0.3) is 11.5 Å². The average Bonchev–Trinajstić information content (AvgIpc) is 3.23. The number of thioether (sulfide) groups is 1. The summed E-state index contributed by atoms with van der Waals surface area (Å²) < 4.78 is 5.80. The first kappa shape index (κ1) is 20.2. The van der Waals surface area contributed by atoms with Crippen LogP contribution in [0.15, 0.2) is 88.5 Å². The lowest BCUT2D eigenvalue weighted by Crippen LogP contribution is -2.19. The summed E-state index contributed by atoms with van der Waals surface area (Å²) in [4.78, 5) is 13.1. The van der Waals surface area contributed by atoms with Crippen molar-refractivity contribution in [3.05, 3.63) is 95.0 Å². The van der Waals surface area contributed by atoms with Crippen molar-refractivity contribution in [2.75, 3.05) is 5.32 Å². The van der Waals surface area contributed by atoms with Crippen molar-refractivity contribution in [3.8, 4) is 11.5 Å². The number of hydrogen-bond acceptors (Lipinski definition) is 5.